The van der Waals surface area contributed by atoms with Gasteiger partial charge in [-0.25, -0.2) is 4.39 Å². The molecule has 1 aliphatic heterocycles. The Morgan fingerprint density at radius 2 is 1.89 bits per heavy atom. The Balaban J connectivity index is 2.23. The number of ether oxygens (including phenoxy) is 1. The van der Waals surface area contributed by atoms with Gasteiger partial charge in [-0.3, -0.25) is 4.79 Å². The van der Waals surface area contributed by atoms with Gasteiger partial charge in [-0.05, 0) is 23.1 Å². The molecule has 1 aliphatic rings. The fraction of sp³-hybridized carbons (Fsp3) is 0.533. The Kier molecular flexibility index (Phi) is 3.90. The molecule has 0 bridgehead atoms. The van der Waals surface area contributed by atoms with Crippen LogP contribution in [0.2, 0.25) is 0 Å². The molecule has 1 saturated heterocycles. The molecule has 3 nitrogen and oxygen atoms in total. The number of benzene rings is 1. The quantitative estimate of drug-likeness (QED) is 0.781. The van der Waals surface area contributed by atoms with Crippen LogP contribution in [-0.4, -0.2) is 37.1 Å². The van der Waals surface area contributed by atoms with Crippen LogP contribution in [-0.2, 0) is 10.2 Å². The molecule has 104 valence electrons. The minimum absolute atomic E-state index is 0.124. The van der Waals surface area contributed by atoms with Crippen LogP contribution in [0.25, 0.3) is 0 Å². The highest BCUT2D eigenvalue weighted by molar-refractivity contribution is 5.94. The smallest absolute Gasteiger partial charge is 0.256 e. The molecule has 0 spiro atoms. The van der Waals surface area contributed by atoms with Crippen LogP contribution >= 0.6 is 0 Å². The Morgan fingerprint density at radius 3 is 2.42 bits per heavy atom. The van der Waals surface area contributed by atoms with Crippen molar-refractivity contribution in [3.8, 4) is 0 Å². The van der Waals surface area contributed by atoms with Gasteiger partial charge in [-0.2, -0.15) is 0 Å². The molecule has 0 saturated carbocycles. The van der Waals surface area contributed by atoms with Crippen molar-refractivity contribution in [3.63, 3.8) is 0 Å². The number of carbonyl (C=O) groups excluding carboxylic acids is 1. The first kappa shape index (κ1) is 14.0. The van der Waals surface area contributed by atoms with Crippen molar-refractivity contribution in [1.29, 1.82) is 0 Å². The summed E-state index contributed by atoms with van der Waals surface area (Å²) in [5.41, 5.74) is 0.917. The van der Waals surface area contributed by atoms with Gasteiger partial charge >= 0.3 is 0 Å². The summed E-state index contributed by atoms with van der Waals surface area (Å²) in [5.74, 6) is -0.690. The van der Waals surface area contributed by atoms with E-state index in [1.165, 1.54) is 6.07 Å². The number of rotatable bonds is 1. The van der Waals surface area contributed by atoms with Crippen molar-refractivity contribution in [2.75, 3.05) is 26.3 Å². The normalized spacial score (nSPS) is 16.5. The van der Waals surface area contributed by atoms with Gasteiger partial charge in [0.05, 0.1) is 18.8 Å². The third kappa shape index (κ3) is 3.13. The van der Waals surface area contributed by atoms with E-state index in [0.717, 1.165) is 5.56 Å². The zero-order valence-corrected chi connectivity index (χ0v) is 11.7. The summed E-state index contributed by atoms with van der Waals surface area (Å²) < 4.78 is 19.3. The Hall–Kier alpha value is -1.42. The van der Waals surface area contributed by atoms with Crippen LogP contribution in [0.1, 0.15) is 36.7 Å². The highest BCUT2D eigenvalue weighted by atomic mass is 19.1. The lowest BCUT2D eigenvalue weighted by molar-refractivity contribution is 0.0300. The maximum atomic E-state index is 14.1. The molecule has 0 aromatic heterocycles. The molecule has 0 aliphatic carbocycles. The van der Waals surface area contributed by atoms with Crippen LogP contribution < -0.4 is 0 Å². The van der Waals surface area contributed by atoms with E-state index < -0.39 is 5.82 Å². The second kappa shape index (κ2) is 5.29. The van der Waals surface area contributed by atoms with E-state index in [1.807, 2.05) is 26.8 Å². The van der Waals surface area contributed by atoms with Crippen molar-refractivity contribution >= 4 is 5.91 Å². The molecule has 2 rings (SSSR count). The van der Waals surface area contributed by atoms with E-state index in [-0.39, 0.29) is 16.9 Å². The number of carbonyl (C=O) groups is 1. The SMILES string of the molecule is CC(C)(C)c1ccc(C(=O)N2CCOCC2)c(F)c1. The standard InChI is InChI=1S/C15H20FNO2/c1-15(2,3)11-4-5-12(13(16)10-11)14(18)17-6-8-19-9-7-17/h4-5,10H,6-9H2,1-3H3. The summed E-state index contributed by atoms with van der Waals surface area (Å²) in [6.45, 7) is 8.15. The molecule has 0 radical (unpaired) electrons. The van der Waals surface area contributed by atoms with Crippen molar-refractivity contribution < 1.29 is 13.9 Å². The summed E-state index contributed by atoms with van der Waals surface area (Å²) in [5, 5.41) is 0. The molecule has 1 fully saturated rings. The molecule has 0 atom stereocenters. The molecule has 1 heterocycles. The van der Waals surface area contributed by atoms with Gasteiger partial charge in [0.15, 0.2) is 0 Å². The molecule has 1 amide bonds. The second-order valence-electron chi connectivity index (χ2n) is 5.85. The van der Waals surface area contributed by atoms with E-state index in [2.05, 4.69) is 0 Å². The van der Waals surface area contributed by atoms with Crippen LogP contribution in [0.15, 0.2) is 18.2 Å². The number of morpholine rings is 1. The van der Waals surface area contributed by atoms with Gasteiger partial charge in [0, 0.05) is 13.1 Å². The number of amides is 1. The van der Waals surface area contributed by atoms with Crippen LogP contribution in [0.5, 0.6) is 0 Å². The maximum absolute atomic E-state index is 14.1. The third-order valence-electron chi connectivity index (χ3n) is 3.36. The van der Waals surface area contributed by atoms with Gasteiger partial charge in [-0.15, -0.1) is 0 Å². The first-order valence-corrected chi connectivity index (χ1v) is 6.56. The monoisotopic (exact) mass is 265 g/mol. The fourth-order valence-corrected chi connectivity index (χ4v) is 2.09. The topological polar surface area (TPSA) is 29.5 Å². The average Bonchev–Trinajstić information content (AvgIpc) is 2.38. The van der Waals surface area contributed by atoms with Crippen molar-refractivity contribution in [3.05, 3.63) is 35.1 Å². The van der Waals surface area contributed by atoms with E-state index in [1.54, 1.807) is 11.0 Å². The maximum Gasteiger partial charge on any atom is 0.256 e. The summed E-state index contributed by atoms with van der Waals surface area (Å²) in [6.07, 6.45) is 0. The summed E-state index contributed by atoms with van der Waals surface area (Å²) in [4.78, 5) is 13.8. The number of hydrogen-bond acceptors (Lipinski definition) is 2. The van der Waals surface area contributed by atoms with Gasteiger partial charge in [0.1, 0.15) is 5.82 Å². The van der Waals surface area contributed by atoms with Gasteiger partial charge in [0.25, 0.3) is 5.91 Å². The molecule has 1 aromatic rings. The average molecular weight is 265 g/mol. The van der Waals surface area contributed by atoms with Gasteiger partial charge in [-0.1, -0.05) is 26.8 Å². The first-order chi connectivity index (χ1) is 8.89. The second-order valence-corrected chi connectivity index (χ2v) is 5.85. The van der Waals surface area contributed by atoms with E-state index in [4.69, 9.17) is 4.74 Å². The third-order valence-corrected chi connectivity index (χ3v) is 3.36. The largest absolute Gasteiger partial charge is 0.378 e. The van der Waals surface area contributed by atoms with Gasteiger partial charge in [0.2, 0.25) is 0 Å². The highest BCUT2D eigenvalue weighted by Gasteiger charge is 2.23. The zero-order chi connectivity index (χ0) is 14.0. The van der Waals surface area contributed by atoms with Gasteiger partial charge < -0.3 is 9.64 Å². The fourth-order valence-electron chi connectivity index (χ4n) is 2.09. The molecule has 4 heteroatoms. The van der Waals surface area contributed by atoms with Crippen molar-refractivity contribution in [1.82, 2.24) is 4.90 Å². The predicted molar refractivity (Wildman–Crippen MR) is 71.8 cm³/mol. The first-order valence-electron chi connectivity index (χ1n) is 6.56. The Bertz CT molecular complexity index is 474. The minimum atomic E-state index is -0.441. The van der Waals surface area contributed by atoms with Crippen LogP contribution in [0, 0.1) is 5.82 Å². The summed E-state index contributed by atoms with van der Waals surface area (Å²) in [7, 11) is 0. The molecule has 1 aromatic carbocycles. The van der Waals surface area contributed by atoms with Crippen molar-refractivity contribution in [2.45, 2.75) is 26.2 Å². The lowest BCUT2D eigenvalue weighted by Gasteiger charge is -2.27. The zero-order valence-electron chi connectivity index (χ0n) is 11.7. The van der Waals surface area contributed by atoms with Crippen molar-refractivity contribution in [2.24, 2.45) is 0 Å². The Morgan fingerprint density at radius 1 is 1.26 bits per heavy atom. The predicted octanol–water partition coefficient (Wildman–Crippen LogP) is 2.60. The lowest BCUT2D eigenvalue weighted by atomic mass is 9.86. The summed E-state index contributed by atoms with van der Waals surface area (Å²) in [6, 6.07) is 4.89. The Labute approximate surface area is 113 Å². The van der Waals surface area contributed by atoms with E-state index in [9.17, 15) is 9.18 Å². The van der Waals surface area contributed by atoms with Crippen LogP contribution in [0.3, 0.4) is 0 Å². The van der Waals surface area contributed by atoms with Crippen LogP contribution in [0.4, 0.5) is 4.39 Å². The molecular formula is C15H20FNO2. The minimum Gasteiger partial charge on any atom is -0.378 e. The molecule has 0 unspecified atom stereocenters. The number of hydrogen-bond donors (Lipinski definition) is 0. The summed E-state index contributed by atoms with van der Waals surface area (Å²) >= 11 is 0. The lowest BCUT2D eigenvalue weighted by Crippen LogP contribution is -2.41. The number of nitrogens with zero attached hydrogens (tertiary/aromatic N) is 1. The molecular weight excluding hydrogens is 245 g/mol. The molecule has 0 N–H and O–H groups in total. The highest BCUT2D eigenvalue weighted by Crippen LogP contribution is 2.24. The molecule has 19 heavy (non-hydrogen) atoms. The van der Waals surface area contributed by atoms with E-state index >= 15 is 0 Å². The number of halogens is 1. The van der Waals surface area contributed by atoms with E-state index in [0.29, 0.717) is 26.3 Å².